The van der Waals surface area contributed by atoms with Gasteiger partial charge >= 0.3 is 0 Å². The van der Waals surface area contributed by atoms with Gasteiger partial charge in [-0.25, -0.2) is 0 Å². The summed E-state index contributed by atoms with van der Waals surface area (Å²) in [7, 11) is 0. The largest absolute Gasteiger partial charge is 0.378 e. The van der Waals surface area contributed by atoms with Crippen LogP contribution in [0.5, 0.6) is 0 Å². The predicted octanol–water partition coefficient (Wildman–Crippen LogP) is 0.927. The van der Waals surface area contributed by atoms with Crippen LogP contribution in [0.3, 0.4) is 0 Å². The molecule has 19 heavy (non-hydrogen) atoms. The van der Waals surface area contributed by atoms with Gasteiger partial charge in [0.1, 0.15) is 0 Å². The summed E-state index contributed by atoms with van der Waals surface area (Å²) in [5.41, 5.74) is 0.0129. The fourth-order valence-electron chi connectivity index (χ4n) is 3.04. The second kappa shape index (κ2) is 5.21. The Hall–Kier alpha value is -0.940. The van der Waals surface area contributed by atoms with E-state index in [9.17, 15) is 9.59 Å². The van der Waals surface area contributed by atoms with Crippen LogP contribution in [0, 0.1) is 5.41 Å². The third-order valence-corrected chi connectivity index (χ3v) is 4.51. The minimum atomic E-state index is -0.348. The summed E-state index contributed by atoms with van der Waals surface area (Å²) in [4.78, 5) is 25.1. The quantitative estimate of drug-likeness (QED) is 0.754. The Morgan fingerprint density at radius 3 is 2.53 bits per heavy atom. The van der Waals surface area contributed by atoms with Crippen molar-refractivity contribution in [3.05, 3.63) is 0 Å². The summed E-state index contributed by atoms with van der Waals surface area (Å²) < 4.78 is 5.68. The molecular formula is C14H24N2O3. The van der Waals surface area contributed by atoms with E-state index in [0.29, 0.717) is 19.6 Å². The first-order valence-corrected chi connectivity index (χ1v) is 7.13. The van der Waals surface area contributed by atoms with Crippen molar-refractivity contribution in [3.8, 4) is 0 Å². The number of likely N-dealkylation sites (tertiary alicyclic amines) is 1. The Bertz CT molecular complexity index is 381. The molecule has 2 amide bonds. The van der Waals surface area contributed by atoms with Crippen molar-refractivity contribution in [1.82, 2.24) is 10.2 Å². The molecule has 0 spiro atoms. The van der Waals surface area contributed by atoms with Crippen molar-refractivity contribution >= 4 is 11.8 Å². The number of imide groups is 1. The van der Waals surface area contributed by atoms with Crippen LogP contribution < -0.4 is 5.32 Å². The van der Waals surface area contributed by atoms with E-state index in [4.69, 9.17) is 4.74 Å². The molecule has 5 nitrogen and oxygen atoms in total. The van der Waals surface area contributed by atoms with Gasteiger partial charge in [0.05, 0.1) is 18.6 Å². The Morgan fingerprint density at radius 1 is 1.37 bits per heavy atom. The molecule has 2 aliphatic rings. The average Bonchev–Trinajstić information content (AvgIpc) is 2.63. The highest BCUT2D eigenvalue weighted by atomic mass is 16.5. The third kappa shape index (κ3) is 2.41. The summed E-state index contributed by atoms with van der Waals surface area (Å²) in [5.74, 6) is -0.147. The van der Waals surface area contributed by atoms with Crippen molar-refractivity contribution in [1.29, 1.82) is 0 Å². The molecule has 1 N–H and O–H groups in total. The molecule has 5 heteroatoms. The normalized spacial score (nSPS) is 33.7. The van der Waals surface area contributed by atoms with Crippen molar-refractivity contribution < 1.29 is 14.3 Å². The highest BCUT2D eigenvalue weighted by Crippen LogP contribution is 2.43. The first-order chi connectivity index (χ1) is 8.91. The maximum absolute atomic E-state index is 12.1. The molecule has 3 unspecified atom stereocenters. The topological polar surface area (TPSA) is 58.6 Å². The summed E-state index contributed by atoms with van der Waals surface area (Å²) in [6.07, 6.45) is 1.44. The van der Waals surface area contributed by atoms with Gasteiger partial charge in [0.15, 0.2) is 0 Å². The monoisotopic (exact) mass is 268 g/mol. The molecule has 3 atom stereocenters. The molecule has 1 heterocycles. The smallest absolute Gasteiger partial charge is 0.246 e. The van der Waals surface area contributed by atoms with E-state index in [0.717, 1.165) is 6.42 Å². The van der Waals surface area contributed by atoms with Gasteiger partial charge in [-0.3, -0.25) is 14.5 Å². The summed E-state index contributed by atoms with van der Waals surface area (Å²) in [6.45, 7) is 9.29. The van der Waals surface area contributed by atoms with E-state index in [2.05, 4.69) is 19.2 Å². The van der Waals surface area contributed by atoms with Gasteiger partial charge in [0.25, 0.3) is 0 Å². The van der Waals surface area contributed by atoms with Crippen molar-refractivity contribution in [2.75, 3.05) is 13.2 Å². The predicted molar refractivity (Wildman–Crippen MR) is 71.5 cm³/mol. The summed E-state index contributed by atoms with van der Waals surface area (Å²) in [5, 5.41) is 3.35. The molecule has 0 radical (unpaired) electrons. The number of hydrogen-bond acceptors (Lipinski definition) is 4. The SMILES string of the molecule is CCOC1CC(NC2CC(=O)N(CC)C2=O)C1(C)C. The molecule has 1 saturated heterocycles. The Kier molecular flexibility index (Phi) is 3.97. The van der Waals surface area contributed by atoms with Crippen molar-refractivity contribution in [2.45, 2.75) is 58.7 Å². The second-order valence-corrected chi connectivity index (χ2v) is 5.95. The lowest BCUT2D eigenvalue weighted by Crippen LogP contribution is -2.63. The Labute approximate surface area is 114 Å². The van der Waals surface area contributed by atoms with E-state index in [1.54, 1.807) is 0 Å². The van der Waals surface area contributed by atoms with Gasteiger partial charge in [-0.1, -0.05) is 13.8 Å². The van der Waals surface area contributed by atoms with E-state index < -0.39 is 0 Å². The van der Waals surface area contributed by atoms with Crippen molar-refractivity contribution in [2.24, 2.45) is 5.41 Å². The van der Waals surface area contributed by atoms with E-state index in [1.807, 2.05) is 13.8 Å². The van der Waals surface area contributed by atoms with Crippen LogP contribution in [-0.4, -0.2) is 48.1 Å². The summed E-state index contributed by atoms with van der Waals surface area (Å²) in [6, 6.07) is -0.109. The minimum Gasteiger partial charge on any atom is -0.378 e. The number of nitrogens with zero attached hydrogens (tertiary/aromatic N) is 1. The van der Waals surface area contributed by atoms with Gasteiger partial charge in [0, 0.05) is 24.6 Å². The molecule has 2 fully saturated rings. The van der Waals surface area contributed by atoms with E-state index in [1.165, 1.54) is 4.90 Å². The lowest BCUT2D eigenvalue weighted by atomic mass is 9.64. The third-order valence-electron chi connectivity index (χ3n) is 4.51. The Balaban J connectivity index is 1.94. The Morgan fingerprint density at radius 2 is 2.05 bits per heavy atom. The van der Waals surface area contributed by atoms with Gasteiger partial charge in [0.2, 0.25) is 11.8 Å². The zero-order chi connectivity index (χ0) is 14.2. The van der Waals surface area contributed by atoms with Crippen molar-refractivity contribution in [3.63, 3.8) is 0 Å². The van der Waals surface area contributed by atoms with Crippen LogP contribution in [0.2, 0.25) is 0 Å². The van der Waals surface area contributed by atoms with Gasteiger partial charge in [-0.05, 0) is 20.3 Å². The fourth-order valence-corrected chi connectivity index (χ4v) is 3.04. The number of carbonyl (C=O) groups is 2. The molecule has 0 bridgehead atoms. The number of amides is 2. The second-order valence-electron chi connectivity index (χ2n) is 5.95. The highest BCUT2D eigenvalue weighted by molar-refractivity contribution is 6.05. The van der Waals surface area contributed by atoms with Crippen LogP contribution in [0.1, 0.15) is 40.5 Å². The summed E-state index contributed by atoms with van der Waals surface area (Å²) >= 11 is 0. The molecule has 0 aromatic rings. The van der Waals surface area contributed by atoms with Crippen LogP contribution >= 0.6 is 0 Å². The molecule has 1 aliphatic carbocycles. The number of carbonyl (C=O) groups excluding carboxylic acids is 2. The van der Waals surface area contributed by atoms with Gasteiger partial charge in [-0.15, -0.1) is 0 Å². The van der Waals surface area contributed by atoms with E-state index >= 15 is 0 Å². The fraction of sp³-hybridized carbons (Fsp3) is 0.857. The number of hydrogen-bond donors (Lipinski definition) is 1. The molecule has 0 aromatic heterocycles. The molecule has 2 rings (SSSR count). The zero-order valence-electron chi connectivity index (χ0n) is 12.2. The maximum Gasteiger partial charge on any atom is 0.246 e. The maximum atomic E-state index is 12.1. The van der Waals surface area contributed by atoms with Gasteiger partial charge in [-0.2, -0.15) is 0 Å². The number of rotatable bonds is 5. The zero-order valence-corrected chi connectivity index (χ0v) is 12.2. The molecule has 1 saturated carbocycles. The van der Waals surface area contributed by atoms with Crippen LogP contribution in [0.15, 0.2) is 0 Å². The van der Waals surface area contributed by atoms with Crippen LogP contribution in [0.25, 0.3) is 0 Å². The minimum absolute atomic E-state index is 0.0129. The van der Waals surface area contributed by atoms with E-state index in [-0.39, 0.29) is 35.4 Å². The molecule has 0 aromatic carbocycles. The average molecular weight is 268 g/mol. The first kappa shape index (κ1) is 14.5. The molecule has 1 aliphatic heterocycles. The highest BCUT2D eigenvalue weighted by Gasteiger charge is 2.51. The van der Waals surface area contributed by atoms with Crippen LogP contribution in [-0.2, 0) is 14.3 Å². The lowest BCUT2D eigenvalue weighted by Gasteiger charge is -2.52. The number of ether oxygens (including phenoxy) is 1. The lowest BCUT2D eigenvalue weighted by molar-refractivity contribution is -0.140. The standard InChI is InChI=1S/C14H24N2O3/c1-5-16-12(17)7-9(13(16)18)15-10-8-11(19-6-2)14(10,3)4/h9-11,15H,5-8H2,1-4H3. The first-order valence-electron chi connectivity index (χ1n) is 7.13. The van der Waals surface area contributed by atoms with Gasteiger partial charge < -0.3 is 10.1 Å². The number of likely N-dealkylation sites (N-methyl/N-ethyl adjacent to an activating group) is 1. The molecular weight excluding hydrogens is 244 g/mol. The van der Waals surface area contributed by atoms with Crippen LogP contribution in [0.4, 0.5) is 0 Å². The number of nitrogens with one attached hydrogen (secondary N) is 1. The molecule has 108 valence electrons.